The maximum Gasteiger partial charge on any atom is 0.416 e. The van der Waals surface area contributed by atoms with Gasteiger partial charge in [0.1, 0.15) is 5.25 Å². The van der Waals surface area contributed by atoms with Gasteiger partial charge in [-0.05, 0) is 23.8 Å². The summed E-state index contributed by atoms with van der Waals surface area (Å²) in [5, 5.41) is 1.71. The monoisotopic (exact) mass is 439 g/mol. The van der Waals surface area contributed by atoms with Crippen molar-refractivity contribution in [2.24, 2.45) is 0 Å². The molecule has 3 rings (SSSR count). The van der Waals surface area contributed by atoms with Crippen molar-refractivity contribution in [3.05, 3.63) is 87.3 Å². The van der Waals surface area contributed by atoms with Gasteiger partial charge >= 0.3 is 6.18 Å². The van der Waals surface area contributed by atoms with Gasteiger partial charge in [-0.3, -0.25) is 9.59 Å². The fourth-order valence-electron chi connectivity index (χ4n) is 2.42. The SMILES string of the molecule is O=C(Nc1cc(C(F)(F)F)ccc1Cl)C(Sc1nccc(=O)[nH]1)c1ccccc1. The Kier molecular flexibility index (Phi) is 6.29. The van der Waals surface area contributed by atoms with E-state index in [2.05, 4.69) is 15.3 Å². The summed E-state index contributed by atoms with van der Waals surface area (Å²) in [5.74, 6) is -0.617. The zero-order valence-electron chi connectivity index (χ0n) is 14.5. The third kappa shape index (κ3) is 5.39. The van der Waals surface area contributed by atoms with E-state index >= 15 is 0 Å². The normalized spacial score (nSPS) is 12.4. The molecule has 1 heterocycles. The Bertz CT molecular complexity index is 1070. The summed E-state index contributed by atoms with van der Waals surface area (Å²) in [6.45, 7) is 0. The summed E-state index contributed by atoms with van der Waals surface area (Å²) < 4.78 is 39.0. The first-order chi connectivity index (χ1) is 13.7. The van der Waals surface area contributed by atoms with E-state index in [0.29, 0.717) is 5.56 Å². The standard InChI is InChI=1S/C19H13ClF3N3O2S/c20-13-7-6-12(19(21,22)23)10-14(13)25-17(28)16(11-4-2-1-3-5-11)29-18-24-9-8-15(27)26-18/h1-10,16H,(H,25,28)(H,24,26,27). The molecule has 0 fully saturated rings. The molecular formula is C19H13ClF3N3O2S. The van der Waals surface area contributed by atoms with Crippen LogP contribution in [0, 0.1) is 0 Å². The number of alkyl halides is 3. The predicted octanol–water partition coefficient (Wildman–Crippen LogP) is 4.91. The Balaban J connectivity index is 1.92. The van der Waals surface area contributed by atoms with Gasteiger partial charge < -0.3 is 10.3 Å². The Labute approximate surface area is 172 Å². The van der Waals surface area contributed by atoms with Crippen LogP contribution in [-0.2, 0) is 11.0 Å². The van der Waals surface area contributed by atoms with Crippen LogP contribution in [0.15, 0.2) is 70.7 Å². The van der Waals surface area contributed by atoms with Gasteiger partial charge in [-0.1, -0.05) is 53.7 Å². The van der Waals surface area contributed by atoms with Crippen molar-refractivity contribution in [2.75, 3.05) is 5.32 Å². The van der Waals surface area contributed by atoms with Gasteiger partial charge in [0.25, 0.3) is 5.56 Å². The Hall–Kier alpha value is -2.78. The molecule has 150 valence electrons. The molecule has 0 aliphatic heterocycles. The van der Waals surface area contributed by atoms with Gasteiger partial charge in [-0.2, -0.15) is 13.2 Å². The van der Waals surface area contributed by atoms with Crippen molar-refractivity contribution in [2.45, 2.75) is 16.6 Å². The van der Waals surface area contributed by atoms with E-state index in [0.717, 1.165) is 30.0 Å². The lowest BCUT2D eigenvalue weighted by Crippen LogP contribution is -2.20. The second kappa shape index (κ2) is 8.71. The van der Waals surface area contributed by atoms with Gasteiger partial charge in [0.15, 0.2) is 5.16 Å². The second-order valence-electron chi connectivity index (χ2n) is 5.83. The Morgan fingerprint density at radius 3 is 2.52 bits per heavy atom. The van der Waals surface area contributed by atoms with Crippen LogP contribution in [0.25, 0.3) is 0 Å². The lowest BCUT2D eigenvalue weighted by atomic mass is 10.1. The molecule has 5 nitrogen and oxygen atoms in total. The summed E-state index contributed by atoms with van der Waals surface area (Å²) >= 11 is 6.93. The maximum atomic E-state index is 13.0. The summed E-state index contributed by atoms with van der Waals surface area (Å²) in [4.78, 5) is 31.0. The van der Waals surface area contributed by atoms with Crippen molar-refractivity contribution in [3.63, 3.8) is 0 Å². The number of carbonyl (C=O) groups excluding carboxylic acids is 1. The van der Waals surface area contributed by atoms with Crippen LogP contribution in [-0.4, -0.2) is 15.9 Å². The highest BCUT2D eigenvalue weighted by molar-refractivity contribution is 8.00. The smallest absolute Gasteiger partial charge is 0.323 e. The van der Waals surface area contributed by atoms with Crippen molar-refractivity contribution in [1.82, 2.24) is 9.97 Å². The van der Waals surface area contributed by atoms with Crippen LogP contribution in [0.1, 0.15) is 16.4 Å². The molecule has 0 saturated heterocycles. The first-order valence-electron chi connectivity index (χ1n) is 8.18. The quantitative estimate of drug-likeness (QED) is 0.437. The van der Waals surface area contributed by atoms with E-state index in [1.54, 1.807) is 30.3 Å². The minimum absolute atomic E-state index is 0.0330. The fourth-order valence-corrected chi connectivity index (χ4v) is 3.55. The van der Waals surface area contributed by atoms with Crippen LogP contribution < -0.4 is 10.9 Å². The van der Waals surface area contributed by atoms with E-state index in [1.807, 2.05) is 0 Å². The maximum absolute atomic E-state index is 13.0. The predicted molar refractivity (Wildman–Crippen MR) is 105 cm³/mol. The minimum atomic E-state index is -4.58. The molecule has 10 heteroatoms. The number of nitrogens with one attached hydrogen (secondary N) is 2. The van der Waals surface area contributed by atoms with E-state index in [4.69, 9.17) is 11.6 Å². The molecule has 1 amide bonds. The number of rotatable bonds is 5. The number of H-pyrrole nitrogens is 1. The number of anilines is 1. The Morgan fingerprint density at radius 2 is 1.86 bits per heavy atom. The van der Waals surface area contributed by atoms with Crippen molar-refractivity contribution < 1.29 is 18.0 Å². The highest BCUT2D eigenvalue weighted by Crippen LogP contribution is 2.37. The van der Waals surface area contributed by atoms with Crippen LogP contribution >= 0.6 is 23.4 Å². The number of thioether (sulfide) groups is 1. The van der Waals surface area contributed by atoms with E-state index in [9.17, 15) is 22.8 Å². The molecule has 0 spiro atoms. The van der Waals surface area contributed by atoms with Crippen LogP contribution in [0.2, 0.25) is 5.02 Å². The van der Waals surface area contributed by atoms with Crippen LogP contribution in [0.4, 0.5) is 18.9 Å². The molecule has 0 bridgehead atoms. The number of hydrogen-bond acceptors (Lipinski definition) is 4. The zero-order valence-corrected chi connectivity index (χ0v) is 16.1. The molecule has 3 aromatic rings. The van der Waals surface area contributed by atoms with Gasteiger partial charge in [-0.15, -0.1) is 0 Å². The van der Waals surface area contributed by atoms with E-state index in [-0.39, 0.29) is 15.9 Å². The number of hydrogen-bond donors (Lipinski definition) is 2. The fraction of sp³-hybridized carbons (Fsp3) is 0.105. The van der Waals surface area contributed by atoms with Crippen LogP contribution in [0.3, 0.4) is 0 Å². The number of aromatic amines is 1. The molecule has 1 aromatic heterocycles. The number of nitrogens with zero attached hydrogens (tertiary/aromatic N) is 1. The Morgan fingerprint density at radius 1 is 1.14 bits per heavy atom. The van der Waals surface area contributed by atoms with Crippen molar-refractivity contribution >= 4 is 35.0 Å². The molecule has 0 aliphatic rings. The molecule has 0 saturated carbocycles. The third-order valence-corrected chi connectivity index (χ3v) is 5.25. The first kappa shape index (κ1) is 20.9. The lowest BCUT2D eigenvalue weighted by molar-refractivity contribution is -0.137. The summed E-state index contributed by atoms with van der Waals surface area (Å²) in [7, 11) is 0. The number of amides is 1. The summed E-state index contributed by atoms with van der Waals surface area (Å²) in [5.41, 5.74) is -0.919. The topological polar surface area (TPSA) is 74.8 Å². The minimum Gasteiger partial charge on any atom is -0.323 e. The first-order valence-corrected chi connectivity index (χ1v) is 9.44. The highest BCUT2D eigenvalue weighted by Gasteiger charge is 2.31. The lowest BCUT2D eigenvalue weighted by Gasteiger charge is -2.18. The van der Waals surface area contributed by atoms with Gasteiger partial charge in [0.05, 0.1) is 16.3 Å². The largest absolute Gasteiger partial charge is 0.416 e. The average molecular weight is 440 g/mol. The van der Waals surface area contributed by atoms with Crippen molar-refractivity contribution in [3.8, 4) is 0 Å². The molecule has 1 atom stereocenters. The molecular weight excluding hydrogens is 427 g/mol. The number of carbonyl (C=O) groups is 1. The molecule has 2 aromatic carbocycles. The van der Waals surface area contributed by atoms with Gasteiger partial charge in [0.2, 0.25) is 5.91 Å². The van der Waals surface area contributed by atoms with Gasteiger partial charge in [-0.25, -0.2) is 4.98 Å². The number of halogens is 4. The van der Waals surface area contributed by atoms with Crippen LogP contribution in [0.5, 0.6) is 0 Å². The van der Waals surface area contributed by atoms with Gasteiger partial charge in [0, 0.05) is 12.3 Å². The summed E-state index contributed by atoms with van der Waals surface area (Å²) in [6, 6.07) is 12.5. The van der Waals surface area contributed by atoms with E-state index < -0.39 is 28.5 Å². The zero-order chi connectivity index (χ0) is 21.0. The second-order valence-corrected chi connectivity index (χ2v) is 7.33. The van der Waals surface area contributed by atoms with Crippen molar-refractivity contribution in [1.29, 1.82) is 0 Å². The molecule has 29 heavy (non-hydrogen) atoms. The number of benzene rings is 2. The summed E-state index contributed by atoms with van der Waals surface area (Å²) in [6.07, 6.45) is -3.28. The molecule has 1 unspecified atom stereocenters. The van der Waals surface area contributed by atoms with E-state index in [1.165, 1.54) is 12.3 Å². The average Bonchev–Trinajstić information content (AvgIpc) is 2.67. The molecule has 0 radical (unpaired) electrons. The highest BCUT2D eigenvalue weighted by atomic mass is 35.5. The number of aromatic nitrogens is 2. The molecule has 0 aliphatic carbocycles. The third-order valence-electron chi connectivity index (χ3n) is 3.77. The molecule has 2 N–H and O–H groups in total.